The topological polar surface area (TPSA) is 78.9 Å². The van der Waals surface area contributed by atoms with Crippen LogP contribution in [0, 0.1) is 6.92 Å². The molecule has 0 amide bonds. The monoisotopic (exact) mass is 345 g/mol. The number of aromatic nitrogens is 5. The molecule has 1 saturated heterocycles. The van der Waals surface area contributed by atoms with E-state index in [0.29, 0.717) is 24.1 Å². The van der Waals surface area contributed by atoms with E-state index in [1.807, 2.05) is 24.7 Å². The maximum atomic E-state index is 5.57. The van der Waals surface area contributed by atoms with Crippen LogP contribution in [0.25, 0.3) is 10.8 Å². The van der Waals surface area contributed by atoms with Gasteiger partial charge >= 0.3 is 0 Å². The summed E-state index contributed by atoms with van der Waals surface area (Å²) in [5.41, 5.74) is 1.99. The second-order valence-corrected chi connectivity index (χ2v) is 7.10. The molecule has 0 N–H and O–H groups in total. The molecule has 1 unspecified atom stereocenters. The third-order valence-electron chi connectivity index (χ3n) is 4.24. The van der Waals surface area contributed by atoms with Crippen LogP contribution in [0.4, 0.5) is 0 Å². The fourth-order valence-corrected chi connectivity index (χ4v) is 3.97. The van der Waals surface area contributed by atoms with E-state index in [0.717, 1.165) is 47.3 Å². The van der Waals surface area contributed by atoms with E-state index < -0.39 is 0 Å². The molecule has 0 bridgehead atoms. The average Bonchev–Trinajstić information content (AvgIpc) is 3.30. The van der Waals surface area contributed by atoms with Crippen molar-refractivity contribution in [3.8, 4) is 10.8 Å². The fourth-order valence-electron chi connectivity index (χ4n) is 2.86. The molecule has 4 rings (SSSR count). The summed E-state index contributed by atoms with van der Waals surface area (Å²) < 4.78 is 13.0. The Hall–Kier alpha value is -2.06. The molecule has 126 valence electrons. The summed E-state index contributed by atoms with van der Waals surface area (Å²) in [4.78, 5) is 14.3. The highest BCUT2D eigenvalue weighted by atomic mass is 32.1. The summed E-state index contributed by atoms with van der Waals surface area (Å²) in [5.74, 6) is 1.59. The fraction of sp³-hybridized carbons (Fsp3) is 0.500. The van der Waals surface area contributed by atoms with Gasteiger partial charge in [0.15, 0.2) is 5.82 Å². The van der Waals surface area contributed by atoms with Crippen molar-refractivity contribution in [3.05, 3.63) is 34.7 Å². The van der Waals surface area contributed by atoms with Crippen molar-refractivity contribution in [2.45, 2.75) is 32.1 Å². The van der Waals surface area contributed by atoms with Gasteiger partial charge in [-0.1, -0.05) is 5.16 Å². The van der Waals surface area contributed by atoms with Gasteiger partial charge in [0.1, 0.15) is 4.88 Å². The lowest BCUT2D eigenvalue weighted by molar-refractivity contribution is 0.0803. The molecule has 0 aliphatic carbocycles. The lowest BCUT2D eigenvalue weighted by Crippen LogP contribution is -2.15. The van der Waals surface area contributed by atoms with Gasteiger partial charge in [-0.2, -0.15) is 4.98 Å². The van der Waals surface area contributed by atoms with E-state index in [9.17, 15) is 0 Å². The minimum absolute atomic E-state index is 0.382. The highest BCUT2D eigenvalue weighted by Gasteiger charge is 2.23. The first-order chi connectivity index (χ1) is 11.7. The molecule has 1 fully saturated rings. The van der Waals surface area contributed by atoms with Gasteiger partial charge in [-0.25, -0.2) is 9.97 Å². The molecule has 1 aliphatic heterocycles. The molecular formula is C16H19N5O2S. The number of aryl methyl sites for hydroxylation is 2. The molecule has 1 atom stereocenters. The summed E-state index contributed by atoms with van der Waals surface area (Å²) >= 11 is 1.64. The van der Waals surface area contributed by atoms with Crippen LogP contribution in [0.3, 0.4) is 0 Å². The number of thiazole rings is 1. The van der Waals surface area contributed by atoms with Crippen LogP contribution < -0.4 is 0 Å². The Morgan fingerprint density at radius 3 is 3.04 bits per heavy atom. The van der Waals surface area contributed by atoms with E-state index in [1.165, 1.54) is 0 Å². The third-order valence-corrected chi connectivity index (χ3v) is 5.55. The summed E-state index contributed by atoms with van der Waals surface area (Å²) in [7, 11) is 1.95. The minimum atomic E-state index is 0.382. The number of ether oxygens (including phenoxy) is 1. The number of hydrogen-bond acceptors (Lipinski definition) is 7. The standard InChI is InChI=1S/C16H19N5O2S/c1-10-14(24-16(18-10)11-4-3-5-22-8-11)15-19-13(20-23-15)6-12-7-17-9-21(12)2/h7,9,11H,3-6,8H2,1-2H3. The SMILES string of the molecule is Cc1nc(C2CCCOC2)sc1-c1nc(Cc2cncn2C)no1. The summed E-state index contributed by atoms with van der Waals surface area (Å²) in [6.45, 7) is 3.60. The van der Waals surface area contributed by atoms with E-state index in [-0.39, 0.29) is 0 Å². The molecule has 0 radical (unpaired) electrons. The first-order valence-corrected chi connectivity index (χ1v) is 8.85. The summed E-state index contributed by atoms with van der Waals surface area (Å²) in [6.07, 6.45) is 6.40. The van der Waals surface area contributed by atoms with Crippen LogP contribution in [0.15, 0.2) is 17.0 Å². The van der Waals surface area contributed by atoms with Crippen LogP contribution in [0.1, 0.15) is 41.0 Å². The van der Waals surface area contributed by atoms with Crippen molar-refractivity contribution in [1.82, 2.24) is 24.7 Å². The molecule has 0 spiro atoms. The van der Waals surface area contributed by atoms with Gasteiger partial charge in [-0.05, 0) is 19.8 Å². The van der Waals surface area contributed by atoms with Crippen molar-refractivity contribution < 1.29 is 9.26 Å². The smallest absolute Gasteiger partial charge is 0.269 e. The molecule has 3 aromatic rings. The highest BCUT2D eigenvalue weighted by Crippen LogP contribution is 2.35. The lowest BCUT2D eigenvalue weighted by atomic mass is 10.0. The maximum absolute atomic E-state index is 5.57. The molecule has 0 aromatic carbocycles. The average molecular weight is 345 g/mol. The van der Waals surface area contributed by atoms with Crippen LogP contribution in [-0.4, -0.2) is 37.9 Å². The van der Waals surface area contributed by atoms with Crippen molar-refractivity contribution in [1.29, 1.82) is 0 Å². The Labute approximate surface area is 143 Å². The second-order valence-electron chi connectivity index (χ2n) is 6.07. The molecular weight excluding hydrogens is 326 g/mol. The van der Waals surface area contributed by atoms with E-state index >= 15 is 0 Å². The molecule has 4 heterocycles. The Kier molecular flexibility index (Phi) is 4.15. The highest BCUT2D eigenvalue weighted by molar-refractivity contribution is 7.15. The second kappa shape index (κ2) is 6.45. The number of imidazole rings is 1. The molecule has 8 heteroatoms. The third kappa shape index (κ3) is 2.99. The Morgan fingerprint density at radius 1 is 1.38 bits per heavy atom. The quantitative estimate of drug-likeness (QED) is 0.723. The zero-order chi connectivity index (χ0) is 16.5. The van der Waals surface area contributed by atoms with Gasteiger partial charge in [-0.3, -0.25) is 0 Å². The lowest BCUT2D eigenvalue weighted by Gasteiger charge is -2.19. The Bertz CT molecular complexity index is 831. The molecule has 1 aliphatic rings. The van der Waals surface area contributed by atoms with Crippen LogP contribution in [-0.2, 0) is 18.2 Å². The van der Waals surface area contributed by atoms with Gasteiger partial charge in [0, 0.05) is 31.5 Å². The summed E-state index contributed by atoms with van der Waals surface area (Å²) in [6, 6.07) is 0. The van der Waals surface area contributed by atoms with Crippen molar-refractivity contribution in [3.63, 3.8) is 0 Å². The minimum Gasteiger partial charge on any atom is -0.381 e. The van der Waals surface area contributed by atoms with Gasteiger partial charge in [-0.15, -0.1) is 11.3 Å². The van der Waals surface area contributed by atoms with Crippen molar-refractivity contribution >= 4 is 11.3 Å². The zero-order valence-electron chi connectivity index (χ0n) is 13.7. The first kappa shape index (κ1) is 15.5. The van der Waals surface area contributed by atoms with Gasteiger partial charge < -0.3 is 13.8 Å². The van der Waals surface area contributed by atoms with Crippen LogP contribution >= 0.6 is 11.3 Å². The first-order valence-electron chi connectivity index (χ1n) is 8.04. The number of rotatable bonds is 4. The van der Waals surface area contributed by atoms with E-state index in [2.05, 4.69) is 15.1 Å². The predicted molar refractivity (Wildman–Crippen MR) is 89.0 cm³/mol. The molecule has 7 nitrogen and oxygen atoms in total. The van der Waals surface area contributed by atoms with E-state index in [1.54, 1.807) is 17.7 Å². The molecule has 0 saturated carbocycles. The van der Waals surface area contributed by atoms with E-state index in [4.69, 9.17) is 14.2 Å². The Balaban J connectivity index is 1.56. The van der Waals surface area contributed by atoms with Crippen molar-refractivity contribution in [2.24, 2.45) is 7.05 Å². The van der Waals surface area contributed by atoms with Crippen LogP contribution in [0.5, 0.6) is 0 Å². The number of nitrogens with zero attached hydrogens (tertiary/aromatic N) is 5. The van der Waals surface area contributed by atoms with Gasteiger partial charge in [0.25, 0.3) is 5.89 Å². The molecule has 3 aromatic heterocycles. The number of hydrogen-bond donors (Lipinski definition) is 0. The van der Waals surface area contributed by atoms with Crippen molar-refractivity contribution in [2.75, 3.05) is 13.2 Å². The largest absolute Gasteiger partial charge is 0.381 e. The summed E-state index contributed by atoms with van der Waals surface area (Å²) in [5, 5.41) is 5.20. The zero-order valence-corrected chi connectivity index (χ0v) is 14.5. The molecule has 24 heavy (non-hydrogen) atoms. The maximum Gasteiger partial charge on any atom is 0.269 e. The normalized spacial score (nSPS) is 18.2. The Morgan fingerprint density at radius 2 is 2.29 bits per heavy atom. The predicted octanol–water partition coefficient (Wildman–Crippen LogP) is 2.72. The van der Waals surface area contributed by atoms with Crippen LogP contribution in [0.2, 0.25) is 0 Å². The van der Waals surface area contributed by atoms with Gasteiger partial charge in [0.2, 0.25) is 0 Å². The van der Waals surface area contributed by atoms with Gasteiger partial charge in [0.05, 0.1) is 30.1 Å².